The molecule has 0 radical (unpaired) electrons. The third-order valence-corrected chi connectivity index (χ3v) is 15.1. The quantitative estimate of drug-likeness (QED) is 0.0178. The zero-order valence-corrected chi connectivity index (χ0v) is 61.7. The molecule has 0 spiro atoms. The van der Waals surface area contributed by atoms with Crippen molar-refractivity contribution in [3.63, 3.8) is 0 Å². The molecule has 32 heteroatoms. The normalized spacial score (nSPS) is 12.5. The van der Waals surface area contributed by atoms with Crippen LogP contribution in [0.15, 0.2) is 60.7 Å². The van der Waals surface area contributed by atoms with Gasteiger partial charge in [-0.2, -0.15) is 0 Å². The van der Waals surface area contributed by atoms with Crippen LogP contribution in [0.4, 0.5) is 24.0 Å². The Hall–Kier alpha value is -9.14. The minimum absolute atomic E-state index is 0.0166. The summed E-state index contributed by atoms with van der Waals surface area (Å²) in [6.07, 6.45) is -4.59. The van der Waals surface area contributed by atoms with Crippen LogP contribution in [0.2, 0.25) is 0 Å². The summed E-state index contributed by atoms with van der Waals surface area (Å²) in [6.45, 7) is 12.8. The fourth-order valence-electron chi connectivity index (χ4n) is 9.92. The second kappa shape index (κ2) is 53.6. The van der Waals surface area contributed by atoms with Gasteiger partial charge in [-0.1, -0.05) is 88.4 Å². The van der Waals surface area contributed by atoms with Crippen LogP contribution in [0, 0.1) is 23.7 Å². The molecule has 2 rings (SSSR count). The van der Waals surface area contributed by atoms with Crippen molar-refractivity contribution < 1.29 is 110 Å². The number of hydrogen-bond acceptors (Lipinski definition) is 23. The van der Waals surface area contributed by atoms with E-state index in [1.54, 1.807) is 95.7 Å². The standard InChI is InChI=1S/C72H111N9O23/c1-49(2)40-58(60(84)25-27-63(87)73-30-18-32-98-36-34-96-8)79-65(89)53(42-51-20-12-10-13-21-51)44-55(82)46-76-67(91)100-38-39-101-71(95)81-57(62(86)48-78-68(92)102-72(5,6)7)24-16-17-29-75-69(93)103-104-70(94)77-47-56(83)45-54(43-52-22-14-11-15-23-52)66(90)80-59(41-50(3)4)61(85)26-28-64(88)74-31-19-33-99-37-35-97-9/h10-15,20-23,49-50,53-54,57-59H,16-19,24-48H2,1-9H3,(H,73,87)(H,74,88)(H,75,93)(H,76,91)(H,77,94)(H,78,92)(H,79,89)(H,80,90)(H,81,95). The Morgan fingerprint density at radius 1 is 0.404 bits per heavy atom. The number of amides is 9. The molecule has 0 aliphatic rings. The van der Waals surface area contributed by atoms with E-state index >= 15 is 0 Å². The Morgan fingerprint density at radius 2 is 0.827 bits per heavy atom. The number of unbranched alkanes of at least 4 members (excludes halogenated alkanes) is 1. The maximum atomic E-state index is 13.9. The van der Waals surface area contributed by atoms with Crippen LogP contribution >= 0.6 is 0 Å². The second-order valence-corrected chi connectivity index (χ2v) is 26.4. The van der Waals surface area contributed by atoms with Crippen molar-refractivity contribution in [3.05, 3.63) is 71.8 Å². The minimum Gasteiger partial charge on any atom is -0.446 e. The SMILES string of the molecule is COCCOCCCNC(=O)CCC(=O)C(CC(C)C)NC(=O)C(CC(=O)CNC(=O)OCCOC(=O)NC(CCCCNC(=O)OOC(=O)NCC(=O)CC(Cc1ccccc1)C(=O)NC(CC(C)C)C(=O)CCC(=O)NCCCOCCOC)C(=O)CNC(=O)OC(C)(C)C)Cc1ccccc1. The molecule has 5 unspecified atom stereocenters. The largest absolute Gasteiger partial charge is 0.450 e. The average Bonchev–Trinajstić information content (AvgIpc) is 0.880. The van der Waals surface area contributed by atoms with Crippen LogP contribution in [0.1, 0.15) is 143 Å². The predicted octanol–water partition coefficient (Wildman–Crippen LogP) is 5.17. The molecule has 32 nitrogen and oxygen atoms in total. The second-order valence-electron chi connectivity index (χ2n) is 26.4. The summed E-state index contributed by atoms with van der Waals surface area (Å²) >= 11 is 0. The van der Waals surface area contributed by atoms with Gasteiger partial charge in [0.25, 0.3) is 0 Å². The molecule has 0 fully saturated rings. The molecule has 0 aromatic heterocycles. The van der Waals surface area contributed by atoms with Gasteiger partial charge in [0.05, 0.1) is 64.2 Å². The summed E-state index contributed by atoms with van der Waals surface area (Å²) in [5.41, 5.74) is 0.561. The molecule has 0 bridgehead atoms. The van der Waals surface area contributed by atoms with E-state index in [1.165, 1.54) is 0 Å². The first kappa shape index (κ1) is 90.9. The molecule has 9 N–H and O–H groups in total. The zero-order chi connectivity index (χ0) is 77.1. The number of ether oxygens (including phenoxy) is 7. The van der Waals surface area contributed by atoms with E-state index < -0.39 is 128 Å². The van der Waals surface area contributed by atoms with Crippen LogP contribution in [-0.2, 0) is 98.9 Å². The number of Topliss-reactive ketones (excluding diaryl/α,β-unsaturated/α-hetero) is 5. The number of carbonyl (C=O) groups excluding carboxylic acids is 14. The highest BCUT2D eigenvalue weighted by molar-refractivity contribution is 5.96. The van der Waals surface area contributed by atoms with Crippen molar-refractivity contribution in [3.8, 4) is 0 Å². The van der Waals surface area contributed by atoms with E-state index in [2.05, 4.69) is 57.6 Å². The van der Waals surface area contributed by atoms with Crippen molar-refractivity contribution in [1.29, 1.82) is 0 Å². The summed E-state index contributed by atoms with van der Waals surface area (Å²) in [5, 5.41) is 22.7. The van der Waals surface area contributed by atoms with Crippen LogP contribution in [-0.4, -0.2) is 213 Å². The van der Waals surface area contributed by atoms with E-state index in [-0.39, 0.29) is 125 Å². The lowest BCUT2D eigenvalue weighted by molar-refractivity contribution is -0.178. The van der Waals surface area contributed by atoms with Crippen LogP contribution < -0.4 is 47.9 Å². The number of carbonyl (C=O) groups is 14. The van der Waals surface area contributed by atoms with E-state index in [1.807, 2.05) is 27.7 Å². The van der Waals surface area contributed by atoms with E-state index in [9.17, 15) is 67.1 Å². The van der Waals surface area contributed by atoms with Crippen molar-refractivity contribution in [2.75, 3.05) is 106 Å². The molecule has 0 saturated carbocycles. The number of ketones is 5. The Balaban J connectivity index is 1.92. The van der Waals surface area contributed by atoms with Crippen molar-refractivity contribution in [2.24, 2.45) is 23.7 Å². The lowest BCUT2D eigenvalue weighted by Crippen LogP contribution is -2.46. The molecule has 5 atom stereocenters. The summed E-state index contributed by atoms with van der Waals surface area (Å²) in [6, 6.07) is 14.6. The number of nitrogens with one attached hydrogen (secondary N) is 9. The van der Waals surface area contributed by atoms with Gasteiger partial charge in [0.15, 0.2) is 28.9 Å². The van der Waals surface area contributed by atoms with Crippen LogP contribution in [0.5, 0.6) is 0 Å². The number of benzene rings is 2. The van der Waals surface area contributed by atoms with Gasteiger partial charge in [-0.15, -0.1) is 0 Å². The van der Waals surface area contributed by atoms with Gasteiger partial charge >= 0.3 is 30.5 Å². The third-order valence-electron chi connectivity index (χ3n) is 15.1. The van der Waals surface area contributed by atoms with Gasteiger partial charge < -0.3 is 81.0 Å². The van der Waals surface area contributed by atoms with Gasteiger partial charge in [-0.3, -0.25) is 43.2 Å². The Kier molecular flexibility index (Phi) is 46.9. The van der Waals surface area contributed by atoms with Gasteiger partial charge in [0, 0.05) is 97.4 Å². The zero-order valence-electron chi connectivity index (χ0n) is 61.7. The fraction of sp³-hybridized carbons (Fsp3) is 0.639. The van der Waals surface area contributed by atoms with E-state index in [0.717, 1.165) is 11.1 Å². The fourth-order valence-corrected chi connectivity index (χ4v) is 9.92. The minimum atomic E-state index is -1.32. The highest BCUT2D eigenvalue weighted by Gasteiger charge is 2.31. The number of rotatable bonds is 54. The molecule has 0 saturated heterocycles. The highest BCUT2D eigenvalue weighted by Crippen LogP contribution is 2.19. The van der Waals surface area contributed by atoms with Crippen molar-refractivity contribution in [1.82, 2.24) is 47.9 Å². The lowest BCUT2D eigenvalue weighted by Gasteiger charge is -2.23. The Bertz CT molecular complexity index is 2970. The monoisotopic (exact) mass is 1470 g/mol. The number of alkyl carbamates (subject to hydrolysis) is 3. The first-order valence-corrected chi connectivity index (χ1v) is 35.2. The van der Waals surface area contributed by atoms with Gasteiger partial charge in [-0.25, -0.2) is 33.7 Å². The summed E-state index contributed by atoms with van der Waals surface area (Å²) in [5.74, 6) is -6.30. The first-order valence-electron chi connectivity index (χ1n) is 35.2. The Morgan fingerprint density at radius 3 is 1.27 bits per heavy atom. The molecule has 104 heavy (non-hydrogen) atoms. The summed E-state index contributed by atoms with van der Waals surface area (Å²) in [4.78, 5) is 192. The van der Waals surface area contributed by atoms with E-state index in [4.69, 9.17) is 33.2 Å². The van der Waals surface area contributed by atoms with Gasteiger partial charge in [0.1, 0.15) is 18.8 Å². The molecular formula is C72H111N9O23. The van der Waals surface area contributed by atoms with Crippen molar-refractivity contribution in [2.45, 2.75) is 169 Å². The van der Waals surface area contributed by atoms with E-state index in [0.29, 0.717) is 65.6 Å². The molecule has 9 amide bonds. The van der Waals surface area contributed by atoms with Gasteiger partial charge in [0.2, 0.25) is 23.6 Å². The lowest BCUT2D eigenvalue weighted by atomic mass is 9.91. The van der Waals surface area contributed by atoms with Crippen molar-refractivity contribution >= 4 is 83.0 Å². The highest BCUT2D eigenvalue weighted by atomic mass is 17.2. The topological polar surface area (TPSA) is 430 Å². The molecule has 2 aromatic carbocycles. The Labute approximate surface area is 609 Å². The smallest absolute Gasteiger partial charge is 0.446 e. The molecule has 2 aromatic rings. The number of methoxy groups -OCH3 is 2. The maximum Gasteiger partial charge on any atom is 0.450 e. The molecular weight excluding hydrogens is 1360 g/mol. The molecule has 0 heterocycles. The maximum absolute atomic E-state index is 13.9. The van der Waals surface area contributed by atoms with Crippen LogP contribution in [0.3, 0.4) is 0 Å². The molecule has 0 aliphatic carbocycles. The number of hydrogen-bond donors (Lipinski definition) is 9. The first-order chi connectivity index (χ1) is 49.6. The predicted molar refractivity (Wildman–Crippen MR) is 378 cm³/mol. The average molecular weight is 1470 g/mol. The van der Waals surface area contributed by atoms with Crippen LogP contribution in [0.25, 0.3) is 0 Å². The summed E-state index contributed by atoms with van der Waals surface area (Å²) in [7, 11) is 3.13. The molecule has 0 aliphatic heterocycles. The molecule has 582 valence electrons. The van der Waals surface area contributed by atoms with Gasteiger partial charge in [-0.05, 0) is 102 Å². The third kappa shape index (κ3) is 45.8. The summed E-state index contributed by atoms with van der Waals surface area (Å²) < 4.78 is 36.1.